The molecular weight excluding hydrogens is 244 g/mol. The summed E-state index contributed by atoms with van der Waals surface area (Å²) in [6, 6.07) is 0. The van der Waals surface area contributed by atoms with E-state index in [4.69, 9.17) is 0 Å². The quantitative estimate of drug-likeness (QED) is 0.894. The number of aryl methyl sites for hydroxylation is 1. The highest BCUT2D eigenvalue weighted by Gasteiger charge is 2.24. The first kappa shape index (κ1) is 13.2. The molecule has 2 aromatic rings. The van der Waals surface area contributed by atoms with E-state index in [1.54, 1.807) is 17.8 Å². The molecule has 2 rings (SSSR count). The van der Waals surface area contributed by atoms with E-state index in [9.17, 15) is 9.90 Å². The molecule has 6 nitrogen and oxygen atoms in total. The fourth-order valence-electron chi connectivity index (χ4n) is 1.69. The Labute approximate surface area is 111 Å². The van der Waals surface area contributed by atoms with Crippen LogP contribution in [0.15, 0.2) is 18.6 Å². The van der Waals surface area contributed by atoms with E-state index >= 15 is 0 Å². The number of hydrogen-bond donors (Lipinski definition) is 1. The van der Waals surface area contributed by atoms with E-state index in [2.05, 4.69) is 15.1 Å². The van der Waals surface area contributed by atoms with Crippen molar-refractivity contribution in [1.29, 1.82) is 0 Å². The first-order valence-corrected chi connectivity index (χ1v) is 5.92. The Morgan fingerprint density at radius 3 is 2.37 bits per heavy atom. The van der Waals surface area contributed by atoms with E-state index in [1.165, 1.54) is 12.4 Å². The second-order valence-electron chi connectivity index (χ2n) is 5.30. The zero-order valence-electron chi connectivity index (χ0n) is 11.4. The van der Waals surface area contributed by atoms with Crippen LogP contribution in [0.3, 0.4) is 0 Å². The van der Waals surface area contributed by atoms with Crippen molar-refractivity contribution in [2.75, 3.05) is 0 Å². The van der Waals surface area contributed by atoms with Gasteiger partial charge in [-0.2, -0.15) is 5.10 Å². The Morgan fingerprint density at radius 2 is 1.84 bits per heavy atom. The average molecular weight is 260 g/mol. The van der Waals surface area contributed by atoms with E-state index in [-0.39, 0.29) is 11.1 Å². The van der Waals surface area contributed by atoms with E-state index in [0.717, 1.165) is 0 Å². The third-order valence-electron chi connectivity index (χ3n) is 2.74. The smallest absolute Gasteiger partial charge is 0.339 e. The van der Waals surface area contributed by atoms with Crippen LogP contribution in [0.5, 0.6) is 0 Å². The molecule has 0 spiro atoms. The Balaban J connectivity index is 2.66. The number of hydrogen-bond acceptors (Lipinski definition) is 4. The molecule has 1 N–H and O–H groups in total. The lowest BCUT2D eigenvalue weighted by molar-refractivity contribution is 0.0697. The van der Waals surface area contributed by atoms with Crippen LogP contribution in [0.2, 0.25) is 0 Å². The molecule has 6 heteroatoms. The van der Waals surface area contributed by atoms with Gasteiger partial charge in [0.1, 0.15) is 17.0 Å². The molecule has 0 bridgehead atoms. The number of aromatic carboxylic acids is 1. The summed E-state index contributed by atoms with van der Waals surface area (Å²) in [5, 5.41) is 13.7. The zero-order valence-corrected chi connectivity index (χ0v) is 11.4. The highest BCUT2D eigenvalue weighted by atomic mass is 16.4. The molecule has 19 heavy (non-hydrogen) atoms. The van der Waals surface area contributed by atoms with Crippen molar-refractivity contribution in [3.05, 3.63) is 29.8 Å². The summed E-state index contributed by atoms with van der Waals surface area (Å²) in [6.07, 6.45) is 4.63. The summed E-state index contributed by atoms with van der Waals surface area (Å²) >= 11 is 0. The number of carboxylic acids is 1. The molecule has 100 valence electrons. The molecule has 2 heterocycles. The summed E-state index contributed by atoms with van der Waals surface area (Å²) in [7, 11) is 0. The third kappa shape index (κ3) is 2.47. The van der Waals surface area contributed by atoms with Crippen LogP contribution in [0.1, 0.15) is 36.8 Å². The van der Waals surface area contributed by atoms with Crippen molar-refractivity contribution in [3.8, 4) is 11.4 Å². The average Bonchev–Trinajstić information content (AvgIpc) is 2.74. The van der Waals surface area contributed by atoms with Gasteiger partial charge in [-0.3, -0.25) is 14.6 Å². The molecule has 2 aromatic heterocycles. The summed E-state index contributed by atoms with van der Waals surface area (Å²) in [5.41, 5.74) is 1.36. The highest BCUT2D eigenvalue weighted by molar-refractivity contribution is 5.94. The van der Waals surface area contributed by atoms with Crippen LogP contribution in [-0.4, -0.2) is 30.8 Å². The fourth-order valence-corrected chi connectivity index (χ4v) is 1.69. The molecule has 0 fully saturated rings. The van der Waals surface area contributed by atoms with Gasteiger partial charge >= 0.3 is 5.97 Å². The predicted octanol–water partition coefficient (Wildman–Crippen LogP) is 2.10. The summed E-state index contributed by atoms with van der Waals surface area (Å²) < 4.78 is 1.64. The normalized spacial score (nSPS) is 11.6. The summed E-state index contributed by atoms with van der Waals surface area (Å²) in [4.78, 5) is 19.7. The van der Waals surface area contributed by atoms with Crippen LogP contribution in [-0.2, 0) is 5.54 Å². The van der Waals surface area contributed by atoms with Crippen LogP contribution >= 0.6 is 0 Å². The van der Waals surface area contributed by atoms with Crippen molar-refractivity contribution in [3.63, 3.8) is 0 Å². The molecule has 0 unspecified atom stereocenters. The van der Waals surface area contributed by atoms with Crippen molar-refractivity contribution in [1.82, 2.24) is 19.7 Å². The maximum absolute atomic E-state index is 11.3. The van der Waals surface area contributed by atoms with Gasteiger partial charge in [-0.25, -0.2) is 4.79 Å². The Bertz CT molecular complexity index is 626. The van der Waals surface area contributed by atoms with Crippen LogP contribution in [0.25, 0.3) is 11.4 Å². The fraction of sp³-hybridized carbons (Fsp3) is 0.385. The molecule has 0 aliphatic heterocycles. The largest absolute Gasteiger partial charge is 0.478 e. The molecule has 0 aliphatic carbocycles. The monoisotopic (exact) mass is 260 g/mol. The predicted molar refractivity (Wildman–Crippen MR) is 69.9 cm³/mol. The minimum atomic E-state index is -1.02. The van der Waals surface area contributed by atoms with E-state index in [0.29, 0.717) is 17.1 Å². The molecular formula is C13H16N4O2. The maximum Gasteiger partial charge on any atom is 0.339 e. The van der Waals surface area contributed by atoms with Gasteiger partial charge in [-0.05, 0) is 27.7 Å². The lowest BCUT2D eigenvalue weighted by Crippen LogP contribution is -2.22. The number of nitrogens with zero attached hydrogens (tertiary/aromatic N) is 4. The van der Waals surface area contributed by atoms with Gasteiger partial charge < -0.3 is 5.11 Å². The lowest BCUT2D eigenvalue weighted by atomic mass is 10.1. The van der Waals surface area contributed by atoms with Crippen LogP contribution < -0.4 is 0 Å². The zero-order chi connectivity index (χ0) is 14.2. The number of carboxylic acid groups (broad SMARTS) is 1. The van der Waals surface area contributed by atoms with Crippen molar-refractivity contribution in [2.45, 2.75) is 33.2 Å². The van der Waals surface area contributed by atoms with Crippen LogP contribution in [0.4, 0.5) is 0 Å². The lowest BCUT2D eigenvalue weighted by Gasteiger charge is -2.18. The topological polar surface area (TPSA) is 80.9 Å². The van der Waals surface area contributed by atoms with E-state index in [1.807, 2.05) is 20.8 Å². The molecule has 0 saturated heterocycles. The summed E-state index contributed by atoms with van der Waals surface area (Å²) in [5.74, 6) is -1.02. The van der Waals surface area contributed by atoms with Crippen molar-refractivity contribution < 1.29 is 9.90 Å². The Kier molecular flexibility index (Phi) is 3.09. The SMILES string of the molecule is Cc1nccnc1-c1nn(C(C)(C)C)cc1C(=O)O. The van der Waals surface area contributed by atoms with Gasteiger partial charge in [0.2, 0.25) is 0 Å². The second kappa shape index (κ2) is 4.46. The minimum Gasteiger partial charge on any atom is -0.478 e. The molecule has 0 amide bonds. The van der Waals surface area contributed by atoms with Gasteiger partial charge in [0, 0.05) is 18.6 Å². The van der Waals surface area contributed by atoms with Crippen molar-refractivity contribution in [2.24, 2.45) is 0 Å². The number of rotatable bonds is 2. The molecule has 0 radical (unpaired) electrons. The first-order valence-electron chi connectivity index (χ1n) is 5.92. The second-order valence-corrected chi connectivity index (χ2v) is 5.30. The first-order chi connectivity index (χ1) is 8.80. The minimum absolute atomic E-state index is 0.138. The third-order valence-corrected chi connectivity index (χ3v) is 2.74. The number of aromatic nitrogens is 4. The molecule has 0 aromatic carbocycles. The number of carbonyl (C=O) groups is 1. The molecule has 0 aliphatic rings. The maximum atomic E-state index is 11.3. The molecule has 0 atom stereocenters. The van der Waals surface area contributed by atoms with Gasteiger partial charge in [0.15, 0.2) is 0 Å². The standard InChI is InChI=1S/C13H16N4O2/c1-8-10(15-6-5-14-8)11-9(12(18)19)7-17(16-11)13(2,3)4/h5-7H,1-4H3,(H,18,19). The summed E-state index contributed by atoms with van der Waals surface area (Å²) in [6.45, 7) is 7.65. The van der Waals surface area contributed by atoms with Gasteiger partial charge in [0.25, 0.3) is 0 Å². The highest BCUT2D eigenvalue weighted by Crippen LogP contribution is 2.25. The Hall–Kier alpha value is -2.24. The van der Waals surface area contributed by atoms with Gasteiger partial charge in [-0.15, -0.1) is 0 Å². The molecule has 0 saturated carbocycles. The van der Waals surface area contributed by atoms with E-state index < -0.39 is 5.97 Å². The van der Waals surface area contributed by atoms with Gasteiger partial charge in [0.05, 0.1) is 11.2 Å². The van der Waals surface area contributed by atoms with Gasteiger partial charge in [-0.1, -0.05) is 0 Å². The Morgan fingerprint density at radius 1 is 1.21 bits per heavy atom. The van der Waals surface area contributed by atoms with Crippen molar-refractivity contribution >= 4 is 5.97 Å². The van der Waals surface area contributed by atoms with Crippen LogP contribution in [0, 0.1) is 6.92 Å².